The molecule has 4 nitrogen and oxygen atoms in total. The minimum atomic E-state index is -1.59. The van der Waals surface area contributed by atoms with Crippen LogP contribution >= 0.6 is 16.8 Å². The highest BCUT2D eigenvalue weighted by Gasteiger charge is 2.32. The van der Waals surface area contributed by atoms with Crippen LogP contribution in [0.5, 0.6) is 23.0 Å². The van der Waals surface area contributed by atoms with Gasteiger partial charge in [0.25, 0.3) is 0 Å². The molecule has 6 aromatic carbocycles. The summed E-state index contributed by atoms with van der Waals surface area (Å²) in [4.78, 5) is 0. The molecule has 6 heteroatoms. The molecular formula is C60H76O4P2. The molecule has 0 spiro atoms. The fraction of sp³-hybridized carbons (Fsp3) is 0.400. The van der Waals surface area contributed by atoms with E-state index < -0.39 is 16.8 Å². The van der Waals surface area contributed by atoms with Crippen molar-refractivity contribution in [2.24, 2.45) is 0 Å². The molecule has 0 unspecified atom stereocenters. The summed E-state index contributed by atoms with van der Waals surface area (Å²) < 4.78 is 28.8. The Bertz CT molecular complexity index is 2370. The van der Waals surface area contributed by atoms with E-state index in [0.29, 0.717) is 0 Å². The highest BCUT2D eigenvalue weighted by Crippen LogP contribution is 2.50. The highest BCUT2D eigenvalue weighted by atomic mass is 31.2. The zero-order valence-electron chi connectivity index (χ0n) is 43.8. The Hall–Kier alpha value is -4.62. The van der Waals surface area contributed by atoms with Gasteiger partial charge in [0.05, 0.1) is 10.6 Å². The van der Waals surface area contributed by atoms with Crippen molar-refractivity contribution < 1.29 is 18.1 Å². The lowest BCUT2D eigenvalue weighted by molar-refractivity contribution is 0.464. The molecule has 6 rings (SSSR count). The lowest BCUT2D eigenvalue weighted by Gasteiger charge is -2.30. The molecule has 0 radical (unpaired) electrons. The van der Waals surface area contributed by atoms with Gasteiger partial charge in [0.15, 0.2) is 0 Å². The summed E-state index contributed by atoms with van der Waals surface area (Å²) in [5.41, 5.74) is 15.7. The zero-order chi connectivity index (χ0) is 48.8. The third-order valence-electron chi connectivity index (χ3n) is 12.1. The van der Waals surface area contributed by atoms with E-state index in [2.05, 4.69) is 236 Å². The molecular weight excluding hydrogens is 847 g/mol. The van der Waals surface area contributed by atoms with Gasteiger partial charge in [0.2, 0.25) is 0 Å². The first kappa shape index (κ1) is 50.8. The van der Waals surface area contributed by atoms with Crippen LogP contribution in [-0.4, -0.2) is 0 Å². The molecule has 0 heterocycles. The molecule has 0 fully saturated rings. The highest BCUT2D eigenvalue weighted by molar-refractivity contribution is 7.57. The van der Waals surface area contributed by atoms with E-state index in [1.165, 1.54) is 44.5 Å². The number of aryl methyl sites for hydroxylation is 8. The molecule has 0 aliphatic carbocycles. The van der Waals surface area contributed by atoms with E-state index in [-0.39, 0.29) is 21.7 Å². The maximum absolute atomic E-state index is 7.19. The lowest BCUT2D eigenvalue weighted by atomic mass is 9.84. The van der Waals surface area contributed by atoms with E-state index in [4.69, 9.17) is 18.1 Å². The van der Waals surface area contributed by atoms with Gasteiger partial charge in [-0.3, -0.25) is 0 Å². The van der Waals surface area contributed by atoms with Crippen LogP contribution in [0.25, 0.3) is 11.1 Å². The van der Waals surface area contributed by atoms with Crippen molar-refractivity contribution in [1.82, 2.24) is 0 Å². The second-order valence-electron chi connectivity index (χ2n) is 22.8. The number of hydrogen-bond donors (Lipinski definition) is 0. The van der Waals surface area contributed by atoms with Crippen LogP contribution in [0.2, 0.25) is 0 Å². The quantitative estimate of drug-likeness (QED) is 0.121. The normalized spacial score (nSPS) is 12.5. The topological polar surface area (TPSA) is 36.9 Å². The third kappa shape index (κ3) is 11.7. The standard InChI is InChI=1S/C60H76O4P2/c1-37-29-41(5)53(49(33-37)57(9,10)11)61-65(62-54-42(6)30-38(2)34-50(54)58(12,13)14)47-25-21-45(22-26-47)46-23-27-48(28-24-46)66(63-55-43(7)31-39(3)35-51(55)59(15,16)17)64-56-44(8)32-40(4)36-52(56)60(18,19)20/h21-36H,1-20H3. The van der Waals surface area contributed by atoms with Crippen molar-refractivity contribution >= 4 is 27.4 Å². The van der Waals surface area contributed by atoms with Gasteiger partial charge < -0.3 is 18.1 Å². The summed E-state index contributed by atoms with van der Waals surface area (Å²) in [7, 11) is -3.19. The summed E-state index contributed by atoms with van der Waals surface area (Å²) in [6, 6.07) is 35.4. The smallest absolute Gasteiger partial charge is 0.326 e. The van der Waals surface area contributed by atoms with E-state index in [9.17, 15) is 0 Å². The summed E-state index contributed by atoms with van der Waals surface area (Å²) in [6.07, 6.45) is 0. The van der Waals surface area contributed by atoms with Crippen molar-refractivity contribution in [2.45, 2.75) is 160 Å². The largest absolute Gasteiger partial charge is 0.435 e. The van der Waals surface area contributed by atoms with Crippen LogP contribution in [0, 0.1) is 55.4 Å². The molecule has 0 atom stereocenters. The molecule has 6 aromatic rings. The monoisotopic (exact) mass is 923 g/mol. The number of benzene rings is 6. The Balaban J connectivity index is 1.42. The molecule has 66 heavy (non-hydrogen) atoms. The van der Waals surface area contributed by atoms with Crippen molar-refractivity contribution in [3.63, 3.8) is 0 Å². The molecule has 0 saturated heterocycles. The minimum Gasteiger partial charge on any atom is -0.435 e. The maximum Gasteiger partial charge on any atom is 0.326 e. The Labute approximate surface area is 401 Å². The van der Waals surface area contributed by atoms with E-state index in [1.54, 1.807) is 0 Å². The fourth-order valence-electron chi connectivity index (χ4n) is 8.66. The summed E-state index contributed by atoms with van der Waals surface area (Å²) >= 11 is 0. The molecule has 350 valence electrons. The second kappa shape index (κ2) is 19.2. The summed E-state index contributed by atoms with van der Waals surface area (Å²) in [6.45, 7) is 44.2. The Morgan fingerprint density at radius 1 is 0.288 bits per heavy atom. The van der Waals surface area contributed by atoms with Gasteiger partial charge in [-0.15, -0.1) is 0 Å². The van der Waals surface area contributed by atoms with Crippen LogP contribution < -0.4 is 28.7 Å². The SMILES string of the molecule is Cc1cc(C)c(OP(Oc2c(C)cc(C)cc2C(C)(C)C)c2ccc(-c3ccc(P(Oc4c(C)cc(C)cc4C(C)(C)C)Oc4c(C)cc(C)cc4C(C)(C)C)cc3)cc2)c(C(C)(C)C)c1. The average molecular weight is 923 g/mol. The summed E-state index contributed by atoms with van der Waals surface area (Å²) in [5.74, 6) is 3.58. The average Bonchev–Trinajstić information content (AvgIpc) is 3.18. The fourth-order valence-corrected chi connectivity index (χ4v) is 11.6. The van der Waals surface area contributed by atoms with Crippen molar-refractivity contribution in [2.75, 3.05) is 0 Å². The minimum absolute atomic E-state index is 0.127. The Morgan fingerprint density at radius 3 is 0.667 bits per heavy atom. The molecule has 0 N–H and O–H groups in total. The van der Waals surface area contributed by atoms with Crippen LogP contribution in [0.1, 0.15) is 150 Å². The third-order valence-corrected chi connectivity index (χ3v) is 14.9. The van der Waals surface area contributed by atoms with Crippen LogP contribution in [0.15, 0.2) is 97.1 Å². The van der Waals surface area contributed by atoms with Gasteiger partial charge in [-0.2, -0.15) is 0 Å². The first-order valence-electron chi connectivity index (χ1n) is 23.5. The van der Waals surface area contributed by atoms with E-state index in [0.717, 1.165) is 67.0 Å². The number of rotatable bonds is 11. The molecule has 0 saturated carbocycles. The van der Waals surface area contributed by atoms with Gasteiger partial charge in [-0.05, 0) is 135 Å². The summed E-state index contributed by atoms with van der Waals surface area (Å²) in [5, 5.41) is 2.00. The van der Waals surface area contributed by atoms with Gasteiger partial charge in [-0.25, -0.2) is 0 Å². The maximum atomic E-state index is 7.19. The molecule has 0 aliphatic heterocycles. The van der Waals surface area contributed by atoms with Crippen LogP contribution in [0.4, 0.5) is 0 Å². The van der Waals surface area contributed by atoms with Gasteiger partial charge in [0, 0.05) is 22.3 Å². The van der Waals surface area contributed by atoms with E-state index >= 15 is 0 Å². The van der Waals surface area contributed by atoms with E-state index in [1.807, 2.05) is 0 Å². The molecule has 0 aliphatic rings. The van der Waals surface area contributed by atoms with Crippen LogP contribution in [-0.2, 0) is 21.7 Å². The zero-order valence-corrected chi connectivity index (χ0v) is 45.6. The molecule has 0 aromatic heterocycles. The predicted octanol–water partition coefficient (Wildman–Crippen LogP) is 17.2. The lowest BCUT2D eigenvalue weighted by Crippen LogP contribution is -2.19. The molecule has 0 bridgehead atoms. The number of hydrogen-bond acceptors (Lipinski definition) is 4. The van der Waals surface area contributed by atoms with Crippen LogP contribution in [0.3, 0.4) is 0 Å². The second-order valence-corrected chi connectivity index (χ2v) is 25.6. The Morgan fingerprint density at radius 2 is 0.485 bits per heavy atom. The van der Waals surface area contributed by atoms with Gasteiger partial charge >= 0.3 is 16.8 Å². The van der Waals surface area contributed by atoms with Gasteiger partial charge in [0.1, 0.15) is 23.0 Å². The van der Waals surface area contributed by atoms with Crippen molar-refractivity contribution in [3.05, 3.63) is 164 Å². The molecule has 0 amide bonds. The van der Waals surface area contributed by atoms with Gasteiger partial charge in [-0.1, -0.05) is 178 Å². The first-order valence-corrected chi connectivity index (χ1v) is 25.9. The first-order chi connectivity index (χ1) is 30.5. The predicted molar refractivity (Wildman–Crippen MR) is 286 cm³/mol. The van der Waals surface area contributed by atoms with Crippen molar-refractivity contribution in [3.8, 4) is 34.1 Å². The Kier molecular flexibility index (Phi) is 14.8. The van der Waals surface area contributed by atoms with Crippen molar-refractivity contribution in [1.29, 1.82) is 0 Å².